The van der Waals surface area contributed by atoms with E-state index in [9.17, 15) is 4.79 Å². The molecular formula is C27H25N5O3S. The second kappa shape index (κ2) is 9.16. The molecule has 1 amide bonds. The second-order valence-corrected chi connectivity index (χ2v) is 9.45. The van der Waals surface area contributed by atoms with E-state index in [1.807, 2.05) is 69.3 Å². The number of thioether (sulfide) groups is 1. The number of ether oxygens (including phenoxy) is 2. The van der Waals surface area contributed by atoms with Gasteiger partial charge >= 0.3 is 0 Å². The molecule has 2 aliphatic rings. The van der Waals surface area contributed by atoms with Crippen LogP contribution in [0.2, 0.25) is 0 Å². The Kier molecular flexibility index (Phi) is 6.01. The summed E-state index contributed by atoms with van der Waals surface area (Å²) in [6.07, 6.45) is 1.71. The largest absolute Gasteiger partial charge is 0.497 e. The molecule has 0 atom stereocenters. The summed E-state index contributed by atoms with van der Waals surface area (Å²) in [6.45, 7) is 5.96. The monoisotopic (exact) mass is 499 g/mol. The summed E-state index contributed by atoms with van der Waals surface area (Å²) in [5, 5.41) is 15.9. The van der Waals surface area contributed by atoms with Gasteiger partial charge < -0.3 is 14.0 Å². The van der Waals surface area contributed by atoms with Gasteiger partial charge in [-0.2, -0.15) is 15.1 Å². The maximum atomic E-state index is 13.0. The quantitative estimate of drug-likeness (QED) is 0.494. The van der Waals surface area contributed by atoms with E-state index in [1.165, 1.54) is 16.8 Å². The van der Waals surface area contributed by atoms with E-state index in [1.54, 1.807) is 20.3 Å². The SMILES string of the molecule is COc1ccc(-n2c(C)cc(/C=C3\C(=N)N4N=C(c5cccc(C)c5)SC4=NC3=O)c2C)c(OC)c1. The van der Waals surface area contributed by atoms with Crippen molar-refractivity contribution in [2.75, 3.05) is 14.2 Å². The molecule has 0 bridgehead atoms. The highest BCUT2D eigenvalue weighted by Crippen LogP contribution is 2.34. The first-order valence-electron chi connectivity index (χ1n) is 11.3. The Morgan fingerprint density at radius 1 is 1.03 bits per heavy atom. The van der Waals surface area contributed by atoms with Gasteiger partial charge in [0.2, 0.25) is 5.17 Å². The van der Waals surface area contributed by atoms with Crippen LogP contribution in [0.1, 0.15) is 28.1 Å². The molecule has 0 saturated carbocycles. The molecule has 3 heterocycles. The lowest BCUT2D eigenvalue weighted by Gasteiger charge is -2.20. The van der Waals surface area contributed by atoms with Gasteiger partial charge in [-0.15, -0.1) is 0 Å². The van der Waals surface area contributed by atoms with Crippen LogP contribution in [-0.4, -0.2) is 45.7 Å². The van der Waals surface area contributed by atoms with E-state index < -0.39 is 5.91 Å². The van der Waals surface area contributed by atoms with Gasteiger partial charge in [0.05, 0.1) is 25.5 Å². The fraction of sp³-hybridized carbons (Fsp3) is 0.185. The van der Waals surface area contributed by atoms with Crippen LogP contribution in [0.25, 0.3) is 11.8 Å². The molecule has 9 heteroatoms. The molecule has 0 spiro atoms. The molecule has 1 aromatic heterocycles. The van der Waals surface area contributed by atoms with Crippen LogP contribution >= 0.6 is 11.8 Å². The topological polar surface area (TPSA) is 92.3 Å². The van der Waals surface area contributed by atoms with Gasteiger partial charge in [-0.25, -0.2) is 0 Å². The van der Waals surface area contributed by atoms with Crippen molar-refractivity contribution in [2.24, 2.45) is 10.1 Å². The first kappa shape index (κ1) is 23.6. The van der Waals surface area contributed by atoms with Crippen LogP contribution in [0.4, 0.5) is 0 Å². The average Bonchev–Trinajstić information content (AvgIpc) is 3.41. The number of nitrogens with zero attached hydrogens (tertiary/aromatic N) is 4. The van der Waals surface area contributed by atoms with Gasteiger partial charge in [-0.1, -0.05) is 23.8 Å². The zero-order valence-corrected chi connectivity index (χ0v) is 21.4. The van der Waals surface area contributed by atoms with Crippen molar-refractivity contribution < 1.29 is 14.3 Å². The van der Waals surface area contributed by atoms with Gasteiger partial charge in [0.1, 0.15) is 16.5 Å². The number of hydrazone groups is 1. The van der Waals surface area contributed by atoms with E-state index >= 15 is 0 Å². The molecule has 3 aromatic rings. The normalized spacial score (nSPS) is 16.2. The van der Waals surface area contributed by atoms with E-state index in [0.29, 0.717) is 21.7 Å². The van der Waals surface area contributed by atoms with Crippen molar-refractivity contribution in [3.8, 4) is 17.2 Å². The maximum absolute atomic E-state index is 13.0. The Labute approximate surface area is 213 Å². The zero-order chi connectivity index (χ0) is 25.6. The van der Waals surface area contributed by atoms with Crippen LogP contribution in [0.15, 0.2) is 64.2 Å². The molecular weight excluding hydrogens is 474 g/mol. The highest BCUT2D eigenvalue weighted by molar-refractivity contribution is 8.27. The van der Waals surface area contributed by atoms with E-state index in [0.717, 1.165) is 33.8 Å². The number of aryl methyl sites for hydroxylation is 2. The summed E-state index contributed by atoms with van der Waals surface area (Å²) in [5.41, 5.74) is 5.75. The van der Waals surface area contributed by atoms with Gasteiger partial charge in [-0.05, 0) is 68.4 Å². The molecule has 8 nitrogen and oxygen atoms in total. The number of rotatable bonds is 5. The highest BCUT2D eigenvalue weighted by atomic mass is 32.2. The van der Waals surface area contributed by atoms with Crippen LogP contribution < -0.4 is 9.47 Å². The number of aliphatic imine (C=N–C) groups is 1. The number of benzene rings is 2. The third-order valence-electron chi connectivity index (χ3n) is 6.12. The molecule has 2 aromatic carbocycles. The Morgan fingerprint density at radius 3 is 2.56 bits per heavy atom. The Balaban J connectivity index is 1.52. The molecule has 1 N–H and O–H groups in total. The van der Waals surface area contributed by atoms with Crippen LogP contribution in [0.3, 0.4) is 0 Å². The predicted molar refractivity (Wildman–Crippen MR) is 144 cm³/mol. The number of carbonyl (C=O) groups is 1. The minimum Gasteiger partial charge on any atom is -0.497 e. The van der Waals surface area contributed by atoms with E-state index in [4.69, 9.17) is 14.9 Å². The van der Waals surface area contributed by atoms with Crippen molar-refractivity contribution in [3.05, 3.63) is 82.2 Å². The summed E-state index contributed by atoms with van der Waals surface area (Å²) in [7, 11) is 3.23. The molecule has 182 valence electrons. The number of methoxy groups -OCH3 is 2. The zero-order valence-electron chi connectivity index (χ0n) is 20.6. The van der Waals surface area contributed by atoms with Gasteiger partial charge in [0.15, 0.2) is 5.84 Å². The standard InChI is InChI=1S/C27H25N5O3S/c1-15-7-6-8-18(11-15)26-30-32-24(28)21(25(33)29-27(32)36-26)13-19-12-16(2)31(17(19)3)22-10-9-20(34-4)14-23(22)35-5/h6-14,28H,1-5H3/b21-13+,28-24?. The fourth-order valence-corrected chi connectivity index (χ4v) is 5.20. The van der Waals surface area contributed by atoms with Gasteiger partial charge in [-0.3, -0.25) is 10.2 Å². The average molecular weight is 500 g/mol. The number of aromatic nitrogens is 1. The predicted octanol–water partition coefficient (Wildman–Crippen LogP) is 5.09. The molecule has 0 aliphatic carbocycles. The maximum Gasteiger partial charge on any atom is 0.283 e. The van der Waals surface area contributed by atoms with Crippen molar-refractivity contribution in [1.29, 1.82) is 5.41 Å². The summed E-state index contributed by atoms with van der Waals surface area (Å²) >= 11 is 1.30. The molecule has 0 fully saturated rings. The number of amides is 1. The van der Waals surface area contributed by atoms with Gasteiger partial charge in [0.25, 0.3) is 5.91 Å². The summed E-state index contributed by atoms with van der Waals surface area (Å²) in [6, 6.07) is 15.6. The van der Waals surface area contributed by atoms with Gasteiger partial charge in [0, 0.05) is 23.0 Å². The third-order valence-corrected chi connectivity index (χ3v) is 7.07. The van der Waals surface area contributed by atoms with Crippen molar-refractivity contribution in [3.63, 3.8) is 0 Å². The molecule has 0 unspecified atom stereocenters. The lowest BCUT2D eigenvalue weighted by Crippen LogP contribution is -2.35. The van der Waals surface area contributed by atoms with E-state index in [-0.39, 0.29) is 11.4 Å². The van der Waals surface area contributed by atoms with Crippen molar-refractivity contribution >= 4 is 39.8 Å². The van der Waals surface area contributed by atoms with Crippen molar-refractivity contribution in [2.45, 2.75) is 20.8 Å². The summed E-state index contributed by atoms with van der Waals surface area (Å²) in [4.78, 5) is 17.2. The lowest BCUT2D eigenvalue weighted by atomic mass is 10.1. The number of carbonyl (C=O) groups excluding carboxylic acids is 1. The molecule has 0 radical (unpaired) electrons. The first-order chi connectivity index (χ1) is 17.3. The fourth-order valence-electron chi connectivity index (χ4n) is 4.32. The number of fused-ring (bicyclic) bond motifs is 1. The van der Waals surface area contributed by atoms with Crippen LogP contribution in [-0.2, 0) is 4.79 Å². The highest BCUT2D eigenvalue weighted by Gasteiger charge is 2.36. The van der Waals surface area contributed by atoms with Crippen molar-refractivity contribution in [1.82, 2.24) is 9.58 Å². The molecule has 36 heavy (non-hydrogen) atoms. The number of amidine groups is 2. The number of hydrogen-bond acceptors (Lipinski definition) is 6. The number of nitrogens with one attached hydrogen (secondary N) is 1. The third kappa shape index (κ3) is 4.01. The summed E-state index contributed by atoms with van der Waals surface area (Å²) in [5.74, 6) is 0.917. The molecule has 2 aliphatic heterocycles. The first-order valence-corrected chi connectivity index (χ1v) is 12.1. The smallest absolute Gasteiger partial charge is 0.283 e. The Bertz CT molecular complexity index is 1520. The van der Waals surface area contributed by atoms with E-state index in [2.05, 4.69) is 14.7 Å². The number of hydrogen-bond donors (Lipinski definition) is 1. The lowest BCUT2D eigenvalue weighted by molar-refractivity contribution is -0.114. The van der Waals surface area contributed by atoms with Crippen LogP contribution in [0.5, 0.6) is 11.5 Å². The second-order valence-electron chi connectivity index (χ2n) is 8.49. The molecule has 0 saturated heterocycles. The molecule has 5 rings (SSSR count). The Morgan fingerprint density at radius 2 is 1.83 bits per heavy atom. The minimum absolute atomic E-state index is 0.00647. The Hall–Kier alpha value is -4.11. The minimum atomic E-state index is -0.453. The summed E-state index contributed by atoms with van der Waals surface area (Å²) < 4.78 is 13.0. The van der Waals surface area contributed by atoms with Crippen LogP contribution in [0, 0.1) is 26.2 Å².